The van der Waals surface area contributed by atoms with Gasteiger partial charge in [0.2, 0.25) is 0 Å². The lowest BCUT2D eigenvalue weighted by atomic mass is 10.1. The summed E-state index contributed by atoms with van der Waals surface area (Å²) >= 11 is 0.712. The van der Waals surface area contributed by atoms with E-state index >= 15 is 0 Å². The summed E-state index contributed by atoms with van der Waals surface area (Å²) in [7, 11) is -4.23. The van der Waals surface area contributed by atoms with Crippen LogP contribution < -0.4 is 15.2 Å². The minimum Gasteiger partial charge on any atom is -0.385 e. The molecule has 7 nitrogen and oxygen atoms in total. The highest BCUT2D eigenvalue weighted by molar-refractivity contribution is 7.94. The molecule has 2 aromatic heterocycles. The van der Waals surface area contributed by atoms with Gasteiger partial charge in [0.15, 0.2) is 0 Å². The average molecular weight is 445 g/mol. The molecule has 0 saturated carbocycles. The summed E-state index contributed by atoms with van der Waals surface area (Å²) in [6.45, 7) is -1.06. The minimum atomic E-state index is -4.23. The Morgan fingerprint density at radius 3 is 2.72 bits per heavy atom. The van der Waals surface area contributed by atoms with E-state index in [1.165, 1.54) is 29.3 Å². The van der Waals surface area contributed by atoms with Crippen molar-refractivity contribution in [3.05, 3.63) is 52.7 Å². The molecule has 0 amide bonds. The van der Waals surface area contributed by atoms with Crippen molar-refractivity contribution in [2.45, 2.75) is 16.2 Å². The van der Waals surface area contributed by atoms with Gasteiger partial charge in [-0.1, -0.05) is 0 Å². The van der Waals surface area contributed by atoms with Crippen molar-refractivity contribution in [2.24, 2.45) is 0 Å². The van der Waals surface area contributed by atoms with E-state index in [2.05, 4.69) is 9.71 Å². The lowest BCUT2D eigenvalue weighted by molar-refractivity contribution is -0.0711. The third-order valence-corrected chi connectivity index (χ3v) is 7.54. The zero-order valence-corrected chi connectivity index (χ0v) is 16.2. The van der Waals surface area contributed by atoms with E-state index in [0.717, 1.165) is 12.1 Å². The van der Waals surface area contributed by atoms with Crippen molar-refractivity contribution >= 4 is 42.8 Å². The Balaban J connectivity index is 1.63. The molecule has 3 heterocycles. The van der Waals surface area contributed by atoms with Gasteiger partial charge in [-0.25, -0.2) is 21.6 Å². The second-order valence-electron chi connectivity index (χ2n) is 6.58. The molecule has 0 radical (unpaired) electrons. The molecule has 0 aliphatic carbocycles. The molecular formula is C17H14F3N3O4S2. The van der Waals surface area contributed by atoms with Crippen molar-refractivity contribution in [3.63, 3.8) is 0 Å². The highest BCUT2D eigenvalue weighted by Gasteiger charge is 2.47. The van der Waals surface area contributed by atoms with Crippen LogP contribution in [0.3, 0.4) is 0 Å². The maximum absolute atomic E-state index is 14.3. The Bertz CT molecular complexity index is 1260. The number of rotatable bonds is 4. The number of nitrogens with zero attached hydrogens (tertiary/aromatic N) is 1. The van der Waals surface area contributed by atoms with Crippen LogP contribution in [0.4, 0.5) is 23.9 Å². The summed E-state index contributed by atoms with van der Waals surface area (Å²) < 4.78 is 68.5. The van der Waals surface area contributed by atoms with Gasteiger partial charge in [-0.2, -0.15) is 0 Å². The van der Waals surface area contributed by atoms with Crippen LogP contribution >= 0.6 is 11.3 Å². The molecule has 3 N–H and O–H groups in total. The van der Waals surface area contributed by atoms with Crippen LogP contribution in [-0.2, 0) is 10.0 Å². The van der Waals surface area contributed by atoms with Crippen molar-refractivity contribution in [1.29, 1.82) is 0 Å². The second kappa shape index (κ2) is 6.75. The SMILES string of the molecule is O=c1[nH]ccc2cc(F)c(NS(=O)(=O)c3ccc(N4C[C@@H](O)C(F)(F)C4)s3)cc12. The van der Waals surface area contributed by atoms with Gasteiger partial charge in [0, 0.05) is 11.6 Å². The first-order chi connectivity index (χ1) is 13.6. The van der Waals surface area contributed by atoms with Gasteiger partial charge in [-0.15, -0.1) is 11.3 Å². The van der Waals surface area contributed by atoms with Gasteiger partial charge in [0.1, 0.15) is 16.1 Å². The average Bonchev–Trinajstić information content (AvgIpc) is 3.22. The molecule has 0 unspecified atom stereocenters. The molecule has 1 atom stereocenters. The number of aliphatic hydroxyl groups is 1. The Hall–Kier alpha value is -2.57. The number of alkyl halides is 2. The van der Waals surface area contributed by atoms with Crippen LogP contribution in [0.15, 0.2) is 45.5 Å². The second-order valence-corrected chi connectivity index (χ2v) is 9.55. The lowest BCUT2D eigenvalue weighted by Crippen LogP contribution is -2.31. The molecular weight excluding hydrogens is 431 g/mol. The van der Waals surface area contributed by atoms with Gasteiger partial charge in [0.25, 0.3) is 21.5 Å². The standard InChI is InChI=1S/C17H14F3N3O4S2/c18-11-5-9-3-4-21-16(25)10(9)6-12(11)22-29(26,27)15-2-1-14(28-15)23-7-13(24)17(19,20)8-23/h1-6,13,22,24H,7-8H2,(H,21,25)/t13-/m1/s1. The summed E-state index contributed by atoms with van der Waals surface area (Å²) in [5.41, 5.74) is -0.915. The quantitative estimate of drug-likeness (QED) is 0.572. The van der Waals surface area contributed by atoms with Crippen molar-refractivity contribution in [1.82, 2.24) is 4.98 Å². The maximum Gasteiger partial charge on any atom is 0.292 e. The molecule has 1 saturated heterocycles. The third kappa shape index (κ3) is 3.58. The number of benzene rings is 1. The summed E-state index contributed by atoms with van der Waals surface area (Å²) in [6.07, 6.45) is -0.493. The lowest BCUT2D eigenvalue weighted by Gasteiger charge is -2.14. The van der Waals surface area contributed by atoms with Crippen molar-refractivity contribution in [2.75, 3.05) is 22.7 Å². The molecule has 1 aliphatic heterocycles. The van der Waals surface area contributed by atoms with Crippen LogP contribution in [-0.4, -0.2) is 43.6 Å². The molecule has 1 fully saturated rings. The van der Waals surface area contributed by atoms with E-state index in [1.54, 1.807) is 0 Å². The molecule has 3 aromatic rings. The first-order valence-electron chi connectivity index (χ1n) is 8.31. The number of pyridine rings is 1. The molecule has 1 aliphatic rings. The van der Waals surface area contributed by atoms with E-state index in [-0.39, 0.29) is 21.1 Å². The number of fused-ring (bicyclic) bond motifs is 1. The maximum atomic E-state index is 14.3. The highest BCUT2D eigenvalue weighted by Crippen LogP contribution is 2.37. The van der Waals surface area contributed by atoms with Crippen LogP contribution in [0.5, 0.6) is 0 Å². The predicted octanol–water partition coefficient (Wildman–Crippen LogP) is 2.35. The highest BCUT2D eigenvalue weighted by atomic mass is 32.2. The fourth-order valence-electron chi connectivity index (χ4n) is 3.04. The zero-order valence-electron chi connectivity index (χ0n) is 14.5. The topological polar surface area (TPSA) is 102 Å². The van der Waals surface area contributed by atoms with Gasteiger partial charge >= 0.3 is 0 Å². The number of nitrogens with one attached hydrogen (secondary N) is 2. The largest absolute Gasteiger partial charge is 0.385 e. The number of sulfonamides is 1. The number of thiophene rings is 1. The minimum absolute atomic E-state index is 0.103. The smallest absolute Gasteiger partial charge is 0.292 e. The van der Waals surface area contributed by atoms with E-state index < -0.39 is 45.7 Å². The number of aromatic nitrogens is 1. The first kappa shape index (κ1) is 19.7. The summed E-state index contributed by atoms with van der Waals surface area (Å²) in [6, 6.07) is 6.15. The number of halogens is 3. The van der Waals surface area contributed by atoms with Crippen molar-refractivity contribution in [3.8, 4) is 0 Å². The van der Waals surface area contributed by atoms with Crippen LogP contribution in [0.25, 0.3) is 10.8 Å². The predicted molar refractivity (Wildman–Crippen MR) is 103 cm³/mol. The van der Waals surface area contributed by atoms with Gasteiger partial charge in [0.05, 0.1) is 23.8 Å². The Labute approximate surface area is 166 Å². The van der Waals surface area contributed by atoms with Crippen LogP contribution in [0, 0.1) is 5.82 Å². The monoisotopic (exact) mass is 445 g/mol. The number of H-pyrrole nitrogens is 1. The number of aromatic amines is 1. The fourth-order valence-corrected chi connectivity index (χ4v) is 5.40. The van der Waals surface area contributed by atoms with E-state index in [0.29, 0.717) is 16.7 Å². The fraction of sp³-hybridized carbons (Fsp3) is 0.235. The summed E-state index contributed by atoms with van der Waals surface area (Å²) in [5, 5.41) is 10.0. The van der Waals surface area contributed by atoms with Crippen LogP contribution in [0.2, 0.25) is 0 Å². The molecule has 12 heteroatoms. The Kier molecular flexibility index (Phi) is 4.59. The van der Waals surface area contributed by atoms with Gasteiger partial charge < -0.3 is 15.0 Å². The molecule has 0 bridgehead atoms. The van der Waals surface area contributed by atoms with Crippen LogP contribution in [0.1, 0.15) is 0 Å². The molecule has 154 valence electrons. The number of anilines is 2. The molecule has 1 aromatic carbocycles. The number of aliphatic hydroxyl groups excluding tert-OH is 1. The Morgan fingerprint density at radius 1 is 1.28 bits per heavy atom. The number of β-amino-alcohol motifs (C(OH)–C–C–N with tert-alkyl or cyclic N) is 1. The van der Waals surface area contributed by atoms with E-state index in [4.69, 9.17) is 0 Å². The molecule has 0 spiro atoms. The van der Waals surface area contributed by atoms with Crippen molar-refractivity contribution < 1.29 is 26.7 Å². The third-order valence-electron chi connectivity index (χ3n) is 4.53. The summed E-state index contributed by atoms with van der Waals surface area (Å²) in [4.78, 5) is 15.5. The van der Waals surface area contributed by atoms with E-state index in [1.807, 2.05) is 0 Å². The first-order valence-corrected chi connectivity index (χ1v) is 10.6. The zero-order chi connectivity index (χ0) is 21.0. The normalized spacial score (nSPS) is 19.0. The Morgan fingerprint density at radius 2 is 2.03 bits per heavy atom. The summed E-state index contributed by atoms with van der Waals surface area (Å²) in [5.74, 6) is -4.16. The van der Waals surface area contributed by atoms with E-state index in [9.17, 15) is 31.5 Å². The van der Waals surface area contributed by atoms with Gasteiger partial charge in [-0.05, 0) is 35.7 Å². The van der Waals surface area contributed by atoms with Gasteiger partial charge in [-0.3, -0.25) is 9.52 Å². The number of hydrogen-bond acceptors (Lipinski definition) is 6. The molecule has 29 heavy (non-hydrogen) atoms. The number of hydrogen-bond donors (Lipinski definition) is 3. The molecule has 4 rings (SSSR count).